The van der Waals surface area contributed by atoms with E-state index < -0.39 is 0 Å². The van der Waals surface area contributed by atoms with Gasteiger partial charge in [0.25, 0.3) is 0 Å². The van der Waals surface area contributed by atoms with Crippen molar-refractivity contribution < 1.29 is 9.53 Å². The van der Waals surface area contributed by atoms with Crippen molar-refractivity contribution >= 4 is 5.97 Å². The van der Waals surface area contributed by atoms with Gasteiger partial charge in [0.05, 0.1) is 13.2 Å². The highest BCUT2D eigenvalue weighted by Crippen LogP contribution is 2.28. The predicted octanol–water partition coefficient (Wildman–Crippen LogP) is 3.63. The molecule has 2 unspecified atom stereocenters. The Bertz CT molecular complexity index is 432. The molecule has 21 heavy (non-hydrogen) atoms. The van der Waals surface area contributed by atoms with E-state index in [1.165, 1.54) is 31.2 Å². The largest absolute Gasteiger partial charge is 0.465 e. The minimum Gasteiger partial charge on any atom is -0.465 e. The molecule has 1 aromatic rings. The summed E-state index contributed by atoms with van der Waals surface area (Å²) in [4.78, 5) is 14.2. The molecule has 0 heterocycles. The number of carbonyl (C=O) groups is 1. The number of rotatable bonds is 6. The Labute approximate surface area is 128 Å². The third kappa shape index (κ3) is 5.16. The first-order valence-corrected chi connectivity index (χ1v) is 8.12. The van der Waals surface area contributed by atoms with Crippen molar-refractivity contribution in [1.29, 1.82) is 0 Å². The second-order valence-corrected chi connectivity index (χ2v) is 6.12. The maximum atomic E-state index is 11.9. The molecule has 1 aromatic carbocycles. The third-order valence-corrected chi connectivity index (χ3v) is 4.29. The molecular weight excluding hydrogens is 262 g/mol. The zero-order valence-electron chi connectivity index (χ0n) is 13.3. The SMILES string of the molecule is CCOC(=O)CN(Cc1ccccc1)C1CCCC(C)C1. The predicted molar refractivity (Wildman–Crippen MR) is 84.9 cm³/mol. The van der Waals surface area contributed by atoms with E-state index in [1.54, 1.807) is 0 Å². The molecule has 0 N–H and O–H groups in total. The fourth-order valence-corrected chi connectivity index (χ4v) is 3.24. The van der Waals surface area contributed by atoms with E-state index in [2.05, 4.69) is 36.1 Å². The van der Waals surface area contributed by atoms with Crippen molar-refractivity contribution in [3.63, 3.8) is 0 Å². The van der Waals surface area contributed by atoms with E-state index in [0.717, 1.165) is 12.5 Å². The molecule has 0 spiro atoms. The molecule has 0 radical (unpaired) electrons. The highest BCUT2D eigenvalue weighted by molar-refractivity contribution is 5.71. The Hall–Kier alpha value is -1.35. The molecule has 0 bridgehead atoms. The van der Waals surface area contributed by atoms with Crippen molar-refractivity contribution in [3.05, 3.63) is 35.9 Å². The molecule has 0 amide bonds. The molecule has 116 valence electrons. The minimum absolute atomic E-state index is 0.105. The van der Waals surface area contributed by atoms with Crippen LogP contribution >= 0.6 is 0 Å². The van der Waals surface area contributed by atoms with Crippen LogP contribution in [0.5, 0.6) is 0 Å². The molecule has 1 fully saturated rings. The van der Waals surface area contributed by atoms with Gasteiger partial charge in [-0.2, -0.15) is 0 Å². The maximum Gasteiger partial charge on any atom is 0.320 e. The summed E-state index contributed by atoms with van der Waals surface area (Å²) < 4.78 is 5.15. The second kappa shape index (κ2) is 8.18. The van der Waals surface area contributed by atoms with Crippen LogP contribution in [0.1, 0.15) is 45.1 Å². The fraction of sp³-hybridized carbons (Fsp3) is 0.611. The Morgan fingerprint density at radius 2 is 2.05 bits per heavy atom. The lowest BCUT2D eigenvalue weighted by molar-refractivity contribution is -0.145. The molecule has 1 aliphatic carbocycles. The Morgan fingerprint density at radius 1 is 1.29 bits per heavy atom. The summed E-state index contributed by atoms with van der Waals surface area (Å²) in [5.41, 5.74) is 1.26. The monoisotopic (exact) mass is 289 g/mol. The summed E-state index contributed by atoms with van der Waals surface area (Å²) in [5.74, 6) is 0.649. The van der Waals surface area contributed by atoms with E-state index in [0.29, 0.717) is 19.2 Å². The van der Waals surface area contributed by atoms with Crippen LogP contribution in [0.3, 0.4) is 0 Å². The molecule has 2 rings (SSSR count). The summed E-state index contributed by atoms with van der Waals surface area (Å²) in [7, 11) is 0. The van der Waals surface area contributed by atoms with Gasteiger partial charge in [0.15, 0.2) is 0 Å². The lowest BCUT2D eigenvalue weighted by Crippen LogP contribution is -2.41. The smallest absolute Gasteiger partial charge is 0.320 e. The minimum atomic E-state index is -0.105. The van der Waals surface area contributed by atoms with Crippen molar-refractivity contribution in [2.75, 3.05) is 13.2 Å². The van der Waals surface area contributed by atoms with E-state index >= 15 is 0 Å². The molecule has 3 nitrogen and oxygen atoms in total. The zero-order chi connectivity index (χ0) is 15.1. The zero-order valence-corrected chi connectivity index (χ0v) is 13.3. The summed E-state index contributed by atoms with van der Waals surface area (Å²) in [6.07, 6.45) is 4.96. The molecule has 0 saturated heterocycles. The number of benzene rings is 1. The van der Waals surface area contributed by atoms with Gasteiger partial charge in [0.1, 0.15) is 0 Å². The van der Waals surface area contributed by atoms with Gasteiger partial charge in [-0.3, -0.25) is 9.69 Å². The Balaban J connectivity index is 2.04. The van der Waals surface area contributed by atoms with Crippen LogP contribution in [-0.2, 0) is 16.1 Å². The molecule has 1 aliphatic rings. The molecule has 2 atom stereocenters. The Kier molecular flexibility index (Phi) is 6.24. The van der Waals surface area contributed by atoms with Gasteiger partial charge < -0.3 is 4.74 Å². The summed E-state index contributed by atoms with van der Waals surface area (Å²) >= 11 is 0. The second-order valence-electron chi connectivity index (χ2n) is 6.12. The number of hydrogen-bond donors (Lipinski definition) is 0. The number of ether oxygens (including phenoxy) is 1. The Morgan fingerprint density at radius 3 is 2.71 bits per heavy atom. The van der Waals surface area contributed by atoms with Crippen LogP contribution in [0.15, 0.2) is 30.3 Å². The number of esters is 1. The van der Waals surface area contributed by atoms with Crippen LogP contribution in [0.2, 0.25) is 0 Å². The van der Waals surface area contributed by atoms with Crippen molar-refractivity contribution in [2.45, 2.75) is 52.1 Å². The van der Waals surface area contributed by atoms with Crippen molar-refractivity contribution in [2.24, 2.45) is 5.92 Å². The first kappa shape index (κ1) is 16.0. The maximum absolute atomic E-state index is 11.9. The van der Waals surface area contributed by atoms with Gasteiger partial charge >= 0.3 is 5.97 Å². The molecule has 3 heteroatoms. The van der Waals surface area contributed by atoms with E-state index in [4.69, 9.17) is 4.74 Å². The average molecular weight is 289 g/mol. The van der Waals surface area contributed by atoms with Crippen LogP contribution < -0.4 is 0 Å². The molecule has 0 aliphatic heterocycles. The molecule has 1 saturated carbocycles. The summed E-state index contributed by atoms with van der Waals surface area (Å²) in [6.45, 7) is 5.87. The standard InChI is InChI=1S/C18H27NO2/c1-3-21-18(20)14-19(13-16-9-5-4-6-10-16)17-11-7-8-15(2)12-17/h4-6,9-10,15,17H,3,7-8,11-14H2,1-2H3. The van der Waals surface area contributed by atoms with Gasteiger partial charge in [-0.05, 0) is 31.2 Å². The first-order chi connectivity index (χ1) is 10.2. The van der Waals surface area contributed by atoms with E-state index in [1.807, 2.05) is 13.0 Å². The topological polar surface area (TPSA) is 29.5 Å². The summed E-state index contributed by atoms with van der Waals surface area (Å²) in [6, 6.07) is 10.9. The fourth-order valence-electron chi connectivity index (χ4n) is 3.24. The third-order valence-electron chi connectivity index (χ3n) is 4.29. The quantitative estimate of drug-likeness (QED) is 0.749. The van der Waals surface area contributed by atoms with E-state index in [-0.39, 0.29) is 5.97 Å². The number of hydrogen-bond acceptors (Lipinski definition) is 3. The summed E-state index contributed by atoms with van der Waals surface area (Å²) in [5, 5.41) is 0. The molecular formula is C18H27NO2. The van der Waals surface area contributed by atoms with Crippen LogP contribution in [0.4, 0.5) is 0 Å². The highest BCUT2D eigenvalue weighted by atomic mass is 16.5. The number of carbonyl (C=O) groups excluding carboxylic acids is 1. The lowest BCUT2D eigenvalue weighted by atomic mass is 9.86. The van der Waals surface area contributed by atoms with E-state index in [9.17, 15) is 4.79 Å². The molecule has 0 aromatic heterocycles. The lowest BCUT2D eigenvalue weighted by Gasteiger charge is -2.36. The van der Waals surface area contributed by atoms with Gasteiger partial charge in [-0.15, -0.1) is 0 Å². The van der Waals surface area contributed by atoms with Crippen LogP contribution in [-0.4, -0.2) is 30.1 Å². The van der Waals surface area contributed by atoms with Crippen LogP contribution in [0.25, 0.3) is 0 Å². The normalized spacial score (nSPS) is 22.2. The van der Waals surface area contributed by atoms with Gasteiger partial charge in [0.2, 0.25) is 0 Å². The highest BCUT2D eigenvalue weighted by Gasteiger charge is 2.26. The average Bonchev–Trinajstić information content (AvgIpc) is 2.48. The van der Waals surface area contributed by atoms with Crippen LogP contribution in [0, 0.1) is 5.92 Å². The number of nitrogens with zero attached hydrogens (tertiary/aromatic N) is 1. The van der Waals surface area contributed by atoms with Crippen molar-refractivity contribution in [1.82, 2.24) is 4.90 Å². The van der Waals surface area contributed by atoms with Crippen molar-refractivity contribution in [3.8, 4) is 0 Å². The van der Waals surface area contributed by atoms with Gasteiger partial charge in [-0.1, -0.05) is 50.1 Å². The van der Waals surface area contributed by atoms with Gasteiger partial charge in [-0.25, -0.2) is 0 Å². The van der Waals surface area contributed by atoms with Gasteiger partial charge in [0, 0.05) is 12.6 Å². The first-order valence-electron chi connectivity index (χ1n) is 8.12.